The van der Waals surface area contributed by atoms with E-state index in [4.69, 9.17) is 9.47 Å². The van der Waals surface area contributed by atoms with Crippen LogP contribution in [0.25, 0.3) is 0 Å². The van der Waals surface area contributed by atoms with Crippen molar-refractivity contribution in [1.82, 2.24) is 5.32 Å². The van der Waals surface area contributed by atoms with Gasteiger partial charge >= 0.3 is 0 Å². The highest BCUT2D eigenvalue weighted by atomic mass is 32.2. The third-order valence-electron chi connectivity index (χ3n) is 3.17. The average molecular weight is 277 g/mol. The molecular weight excluding hydrogens is 250 g/mol. The van der Waals surface area contributed by atoms with Crippen LogP contribution in [0.1, 0.15) is 26.2 Å². The Hall–Kier alpha value is 0.190. The van der Waals surface area contributed by atoms with Gasteiger partial charge in [-0.2, -0.15) is 11.8 Å². The van der Waals surface area contributed by atoms with Crippen molar-refractivity contribution in [1.29, 1.82) is 0 Å². The summed E-state index contributed by atoms with van der Waals surface area (Å²) in [5, 5.41) is 14.0. The molecule has 0 aromatic carbocycles. The molecule has 3 unspecified atom stereocenters. The van der Waals surface area contributed by atoms with Crippen LogP contribution in [0.3, 0.4) is 0 Å². The fraction of sp³-hybridized carbons (Fsp3) is 1.00. The minimum atomic E-state index is -0.417. The molecule has 5 heteroatoms. The van der Waals surface area contributed by atoms with E-state index in [-0.39, 0.29) is 0 Å². The SMILES string of the molecule is CCSC1CCC(NCC(O)COCCOC)C1. The predicted molar refractivity (Wildman–Crippen MR) is 76.3 cm³/mol. The molecule has 0 bridgehead atoms. The summed E-state index contributed by atoms with van der Waals surface area (Å²) in [6, 6.07) is 0.572. The number of ether oxygens (including phenoxy) is 2. The van der Waals surface area contributed by atoms with E-state index < -0.39 is 6.10 Å². The lowest BCUT2D eigenvalue weighted by Crippen LogP contribution is -2.36. The Bertz CT molecular complexity index is 207. The minimum Gasteiger partial charge on any atom is -0.389 e. The fourth-order valence-electron chi connectivity index (χ4n) is 2.24. The van der Waals surface area contributed by atoms with Crippen LogP contribution in [0, 0.1) is 0 Å². The third-order valence-corrected chi connectivity index (χ3v) is 4.40. The zero-order chi connectivity index (χ0) is 13.2. The molecule has 0 aromatic rings. The van der Waals surface area contributed by atoms with Crippen molar-refractivity contribution < 1.29 is 14.6 Å². The summed E-state index contributed by atoms with van der Waals surface area (Å²) in [5.41, 5.74) is 0. The van der Waals surface area contributed by atoms with Crippen molar-refractivity contribution in [3.63, 3.8) is 0 Å². The molecule has 2 N–H and O–H groups in total. The van der Waals surface area contributed by atoms with Gasteiger partial charge in [0.1, 0.15) is 0 Å². The van der Waals surface area contributed by atoms with Gasteiger partial charge in [-0.1, -0.05) is 6.92 Å². The quantitative estimate of drug-likeness (QED) is 0.589. The maximum Gasteiger partial charge on any atom is 0.0897 e. The number of hydrogen-bond donors (Lipinski definition) is 2. The van der Waals surface area contributed by atoms with E-state index >= 15 is 0 Å². The minimum absolute atomic E-state index is 0.385. The van der Waals surface area contributed by atoms with Gasteiger partial charge in [0.25, 0.3) is 0 Å². The van der Waals surface area contributed by atoms with Gasteiger partial charge in [-0.15, -0.1) is 0 Å². The normalized spacial score (nSPS) is 25.5. The molecule has 1 aliphatic rings. The topological polar surface area (TPSA) is 50.7 Å². The number of methoxy groups -OCH3 is 1. The van der Waals surface area contributed by atoms with E-state index in [1.54, 1.807) is 7.11 Å². The summed E-state index contributed by atoms with van der Waals surface area (Å²) in [7, 11) is 1.65. The Morgan fingerprint density at radius 2 is 2.22 bits per heavy atom. The molecule has 3 atom stereocenters. The van der Waals surface area contributed by atoms with Crippen molar-refractivity contribution in [2.75, 3.05) is 39.2 Å². The molecule has 0 saturated heterocycles. The zero-order valence-electron chi connectivity index (χ0n) is 11.6. The Morgan fingerprint density at radius 3 is 2.94 bits per heavy atom. The molecule has 0 spiro atoms. The second-order valence-electron chi connectivity index (χ2n) is 4.72. The predicted octanol–water partition coefficient (Wildman–Crippen LogP) is 1.27. The van der Waals surface area contributed by atoms with Crippen LogP contribution in [-0.2, 0) is 9.47 Å². The van der Waals surface area contributed by atoms with Gasteiger partial charge in [-0.05, 0) is 25.0 Å². The highest BCUT2D eigenvalue weighted by molar-refractivity contribution is 7.99. The molecule has 18 heavy (non-hydrogen) atoms. The van der Waals surface area contributed by atoms with Crippen LogP contribution in [0.5, 0.6) is 0 Å². The zero-order valence-corrected chi connectivity index (χ0v) is 12.4. The van der Waals surface area contributed by atoms with E-state index in [2.05, 4.69) is 24.0 Å². The molecule has 1 saturated carbocycles. The van der Waals surface area contributed by atoms with Crippen LogP contribution < -0.4 is 5.32 Å². The maximum absolute atomic E-state index is 9.74. The van der Waals surface area contributed by atoms with Gasteiger partial charge in [0, 0.05) is 24.9 Å². The van der Waals surface area contributed by atoms with E-state index in [9.17, 15) is 5.11 Å². The monoisotopic (exact) mass is 277 g/mol. The standard InChI is InChI=1S/C13H27NO3S/c1-3-18-13-5-4-11(8-13)14-9-12(15)10-17-7-6-16-2/h11-15H,3-10H2,1-2H3. The van der Waals surface area contributed by atoms with E-state index in [0.717, 1.165) is 5.25 Å². The van der Waals surface area contributed by atoms with Gasteiger partial charge in [0.15, 0.2) is 0 Å². The first-order chi connectivity index (χ1) is 8.76. The summed E-state index contributed by atoms with van der Waals surface area (Å²) < 4.78 is 10.2. The molecule has 1 fully saturated rings. The average Bonchev–Trinajstić information content (AvgIpc) is 2.80. The molecule has 0 amide bonds. The van der Waals surface area contributed by atoms with Crippen LogP contribution in [0.4, 0.5) is 0 Å². The number of nitrogens with one attached hydrogen (secondary N) is 1. The summed E-state index contributed by atoms with van der Waals surface area (Å²) >= 11 is 2.06. The van der Waals surface area contributed by atoms with Crippen molar-refractivity contribution in [3.05, 3.63) is 0 Å². The fourth-order valence-corrected chi connectivity index (χ4v) is 3.38. The Morgan fingerprint density at radius 1 is 1.39 bits per heavy atom. The van der Waals surface area contributed by atoms with Gasteiger partial charge in [0.2, 0.25) is 0 Å². The third kappa shape index (κ3) is 6.95. The molecule has 0 aliphatic heterocycles. The Labute approximate surface area is 115 Å². The summed E-state index contributed by atoms with van der Waals surface area (Å²) in [6.45, 7) is 4.36. The molecule has 4 nitrogen and oxygen atoms in total. The number of thioether (sulfide) groups is 1. The van der Waals surface area contributed by atoms with Gasteiger partial charge in [-0.3, -0.25) is 0 Å². The smallest absolute Gasteiger partial charge is 0.0897 e. The highest BCUT2D eigenvalue weighted by Gasteiger charge is 2.24. The lowest BCUT2D eigenvalue weighted by molar-refractivity contribution is 0.0130. The van der Waals surface area contributed by atoms with Crippen LogP contribution in [-0.4, -0.2) is 61.7 Å². The Balaban J connectivity index is 1.99. The molecule has 1 rings (SSSR count). The molecule has 108 valence electrons. The van der Waals surface area contributed by atoms with E-state index in [1.165, 1.54) is 25.0 Å². The van der Waals surface area contributed by atoms with Gasteiger partial charge in [-0.25, -0.2) is 0 Å². The number of hydrogen-bond acceptors (Lipinski definition) is 5. The van der Waals surface area contributed by atoms with E-state index in [0.29, 0.717) is 32.4 Å². The number of rotatable bonds is 10. The Kier molecular flexibility index (Phi) is 9.06. The van der Waals surface area contributed by atoms with Crippen LogP contribution >= 0.6 is 11.8 Å². The summed E-state index contributed by atoms with van der Waals surface area (Å²) in [5.74, 6) is 1.20. The molecule has 0 radical (unpaired) electrons. The van der Waals surface area contributed by atoms with Crippen LogP contribution in [0.2, 0.25) is 0 Å². The molecule has 1 aliphatic carbocycles. The van der Waals surface area contributed by atoms with E-state index in [1.807, 2.05) is 0 Å². The number of aliphatic hydroxyl groups is 1. The summed E-state index contributed by atoms with van der Waals surface area (Å²) in [4.78, 5) is 0. The number of aliphatic hydroxyl groups excluding tert-OH is 1. The van der Waals surface area contributed by atoms with Crippen molar-refractivity contribution in [3.8, 4) is 0 Å². The largest absolute Gasteiger partial charge is 0.389 e. The van der Waals surface area contributed by atoms with Crippen molar-refractivity contribution >= 4 is 11.8 Å². The van der Waals surface area contributed by atoms with Crippen molar-refractivity contribution in [2.24, 2.45) is 0 Å². The first-order valence-electron chi connectivity index (χ1n) is 6.86. The maximum atomic E-state index is 9.74. The lowest BCUT2D eigenvalue weighted by Gasteiger charge is -2.16. The van der Waals surface area contributed by atoms with Crippen molar-refractivity contribution in [2.45, 2.75) is 43.6 Å². The first-order valence-corrected chi connectivity index (χ1v) is 7.90. The summed E-state index contributed by atoms with van der Waals surface area (Å²) in [6.07, 6.45) is 3.35. The molecular formula is C13H27NO3S. The van der Waals surface area contributed by atoms with Gasteiger partial charge in [0.05, 0.1) is 25.9 Å². The molecule has 0 aromatic heterocycles. The molecule has 0 heterocycles. The van der Waals surface area contributed by atoms with Gasteiger partial charge < -0.3 is 19.9 Å². The second-order valence-corrected chi connectivity index (χ2v) is 6.29. The highest BCUT2D eigenvalue weighted by Crippen LogP contribution is 2.29. The first kappa shape index (κ1) is 16.2. The van der Waals surface area contributed by atoms with Crippen LogP contribution in [0.15, 0.2) is 0 Å². The lowest BCUT2D eigenvalue weighted by atomic mass is 10.2. The second kappa shape index (κ2) is 10.0.